The Bertz CT molecular complexity index is 353. The van der Waals surface area contributed by atoms with Gasteiger partial charge in [-0.1, -0.05) is 36.7 Å². The van der Waals surface area contributed by atoms with Crippen LogP contribution in [0.5, 0.6) is 0 Å². The van der Waals surface area contributed by atoms with E-state index in [-0.39, 0.29) is 12.3 Å². The minimum Gasteiger partial charge on any atom is -0.350 e. The zero-order chi connectivity index (χ0) is 12.1. The normalized spacial score (nSPS) is 18.5. The van der Waals surface area contributed by atoms with E-state index in [1.165, 1.54) is 0 Å². The summed E-state index contributed by atoms with van der Waals surface area (Å²) in [5.41, 5.74) is 1.11. The predicted octanol–water partition coefficient (Wildman–Crippen LogP) is 2.75. The van der Waals surface area contributed by atoms with E-state index in [4.69, 9.17) is 21.1 Å². The Balaban J connectivity index is 2.08. The smallest absolute Gasteiger partial charge is 0.159 e. The molecule has 1 aliphatic rings. The third kappa shape index (κ3) is 3.42. The van der Waals surface area contributed by atoms with Crippen LogP contribution in [0.3, 0.4) is 0 Å². The highest BCUT2D eigenvalue weighted by Gasteiger charge is 2.23. The number of hydrogen-bond donors (Lipinski definition) is 1. The standard InChI is InChI=1S/C13H18ClNO2/c1-2-15-12(9-13-16-7-8-17-13)10-5-3-4-6-11(10)14/h3-6,12-13,15H,2,7-9H2,1H3. The summed E-state index contributed by atoms with van der Waals surface area (Å²) in [5.74, 6) is 0. The molecule has 1 atom stereocenters. The van der Waals surface area contributed by atoms with Crippen LogP contribution in [0.15, 0.2) is 24.3 Å². The van der Waals surface area contributed by atoms with Gasteiger partial charge in [0.25, 0.3) is 0 Å². The number of halogens is 1. The Kier molecular flexibility index (Phi) is 4.80. The molecule has 0 amide bonds. The van der Waals surface area contributed by atoms with Gasteiger partial charge in [0.2, 0.25) is 0 Å². The van der Waals surface area contributed by atoms with Gasteiger partial charge < -0.3 is 14.8 Å². The van der Waals surface area contributed by atoms with E-state index in [9.17, 15) is 0 Å². The van der Waals surface area contributed by atoms with E-state index in [2.05, 4.69) is 12.2 Å². The number of benzene rings is 1. The summed E-state index contributed by atoms with van der Waals surface area (Å²) >= 11 is 6.22. The number of ether oxygens (including phenoxy) is 2. The molecule has 0 saturated carbocycles. The number of hydrogen-bond acceptors (Lipinski definition) is 3. The van der Waals surface area contributed by atoms with Crippen molar-refractivity contribution in [2.24, 2.45) is 0 Å². The highest BCUT2D eigenvalue weighted by atomic mass is 35.5. The zero-order valence-corrected chi connectivity index (χ0v) is 10.7. The summed E-state index contributed by atoms with van der Waals surface area (Å²) < 4.78 is 11.0. The highest BCUT2D eigenvalue weighted by Crippen LogP contribution is 2.27. The summed E-state index contributed by atoms with van der Waals surface area (Å²) in [6.45, 7) is 4.35. The van der Waals surface area contributed by atoms with Gasteiger partial charge in [-0.05, 0) is 18.2 Å². The van der Waals surface area contributed by atoms with E-state index in [0.29, 0.717) is 13.2 Å². The Morgan fingerprint density at radius 3 is 2.71 bits per heavy atom. The lowest BCUT2D eigenvalue weighted by atomic mass is 10.0. The average molecular weight is 256 g/mol. The molecule has 0 spiro atoms. The maximum Gasteiger partial charge on any atom is 0.159 e. The molecule has 3 nitrogen and oxygen atoms in total. The van der Waals surface area contributed by atoms with Crippen molar-refractivity contribution in [3.63, 3.8) is 0 Å². The Labute approximate surface area is 107 Å². The van der Waals surface area contributed by atoms with Crippen molar-refractivity contribution in [1.82, 2.24) is 5.32 Å². The zero-order valence-electron chi connectivity index (χ0n) is 9.99. The first-order valence-corrected chi connectivity index (χ1v) is 6.40. The molecule has 0 bridgehead atoms. The summed E-state index contributed by atoms with van der Waals surface area (Å²) in [5, 5.41) is 4.21. The quantitative estimate of drug-likeness (QED) is 0.878. The van der Waals surface area contributed by atoms with Crippen molar-refractivity contribution in [1.29, 1.82) is 0 Å². The second-order valence-corrected chi connectivity index (χ2v) is 4.45. The monoisotopic (exact) mass is 255 g/mol. The summed E-state index contributed by atoms with van der Waals surface area (Å²) in [6.07, 6.45) is 0.674. The number of rotatable bonds is 5. The van der Waals surface area contributed by atoms with Crippen molar-refractivity contribution < 1.29 is 9.47 Å². The van der Waals surface area contributed by atoms with Gasteiger partial charge in [0.05, 0.1) is 13.2 Å². The van der Waals surface area contributed by atoms with Crippen molar-refractivity contribution in [3.8, 4) is 0 Å². The van der Waals surface area contributed by atoms with Gasteiger partial charge in [-0.15, -0.1) is 0 Å². The van der Waals surface area contributed by atoms with Gasteiger partial charge in [0.1, 0.15) is 0 Å². The molecule has 0 aromatic heterocycles. The van der Waals surface area contributed by atoms with Crippen LogP contribution < -0.4 is 5.32 Å². The highest BCUT2D eigenvalue weighted by molar-refractivity contribution is 6.31. The predicted molar refractivity (Wildman–Crippen MR) is 68.2 cm³/mol. The second kappa shape index (κ2) is 6.36. The molecule has 1 heterocycles. The summed E-state index contributed by atoms with van der Waals surface area (Å²) in [4.78, 5) is 0. The third-order valence-electron chi connectivity index (χ3n) is 2.85. The van der Waals surface area contributed by atoms with E-state index in [0.717, 1.165) is 23.6 Å². The fraction of sp³-hybridized carbons (Fsp3) is 0.538. The fourth-order valence-electron chi connectivity index (χ4n) is 2.06. The first-order chi connectivity index (χ1) is 8.31. The lowest BCUT2D eigenvalue weighted by Crippen LogP contribution is -2.26. The molecule has 1 aromatic carbocycles. The molecule has 0 aliphatic carbocycles. The number of nitrogens with one attached hydrogen (secondary N) is 1. The Hall–Kier alpha value is -0.610. The van der Waals surface area contributed by atoms with Crippen LogP contribution in [0.25, 0.3) is 0 Å². The van der Waals surface area contributed by atoms with E-state index >= 15 is 0 Å². The van der Waals surface area contributed by atoms with Gasteiger partial charge in [0, 0.05) is 17.5 Å². The van der Waals surface area contributed by atoms with Gasteiger partial charge in [-0.2, -0.15) is 0 Å². The van der Waals surface area contributed by atoms with Crippen LogP contribution in [0.1, 0.15) is 24.9 Å². The minimum absolute atomic E-state index is 0.115. The van der Waals surface area contributed by atoms with Crippen molar-refractivity contribution in [2.75, 3.05) is 19.8 Å². The maximum absolute atomic E-state index is 6.22. The van der Waals surface area contributed by atoms with E-state index in [1.807, 2.05) is 24.3 Å². The average Bonchev–Trinajstić information content (AvgIpc) is 2.82. The first kappa shape index (κ1) is 12.8. The molecular formula is C13H18ClNO2. The molecule has 1 N–H and O–H groups in total. The largest absolute Gasteiger partial charge is 0.350 e. The lowest BCUT2D eigenvalue weighted by Gasteiger charge is -2.22. The van der Waals surface area contributed by atoms with Gasteiger partial charge in [0.15, 0.2) is 6.29 Å². The molecule has 2 rings (SSSR count). The van der Waals surface area contributed by atoms with Gasteiger partial charge in [-0.3, -0.25) is 0 Å². The van der Waals surface area contributed by atoms with Crippen LogP contribution >= 0.6 is 11.6 Å². The van der Waals surface area contributed by atoms with Crippen LogP contribution in [-0.4, -0.2) is 26.0 Å². The van der Waals surface area contributed by atoms with Gasteiger partial charge in [-0.25, -0.2) is 0 Å². The minimum atomic E-state index is -0.115. The molecule has 17 heavy (non-hydrogen) atoms. The third-order valence-corrected chi connectivity index (χ3v) is 3.19. The Morgan fingerprint density at radius 1 is 1.35 bits per heavy atom. The van der Waals surface area contributed by atoms with E-state index < -0.39 is 0 Å². The SMILES string of the molecule is CCNC(CC1OCCO1)c1ccccc1Cl. The summed E-state index contributed by atoms with van der Waals surface area (Å²) in [7, 11) is 0. The van der Waals surface area contributed by atoms with Crippen molar-refractivity contribution >= 4 is 11.6 Å². The fourth-order valence-corrected chi connectivity index (χ4v) is 2.33. The van der Waals surface area contributed by atoms with E-state index in [1.54, 1.807) is 0 Å². The van der Waals surface area contributed by atoms with Crippen molar-refractivity contribution in [2.45, 2.75) is 25.7 Å². The topological polar surface area (TPSA) is 30.5 Å². The molecule has 4 heteroatoms. The maximum atomic E-state index is 6.22. The summed E-state index contributed by atoms with van der Waals surface area (Å²) in [6, 6.07) is 8.08. The molecular weight excluding hydrogens is 238 g/mol. The second-order valence-electron chi connectivity index (χ2n) is 4.04. The Morgan fingerprint density at radius 2 is 2.06 bits per heavy atom. The molecule has 94 valence electrons. The van der Waals surface area contributed by atoms with Crippen molar-refractivity contribution in [3.05, 3.63) is 34.9 Å². The molecule has 1 fully saturated rings. The molecule has 1 unspecified atom stereocenters. The van der Waals surface area contributed by atoms with Crippen LogP contribution in [0, 0.1) is 0 Å². The van der Waals surface area contributed by atoms with Crippen LogP contribution in [-0.2, 0) is 9.47 Å². The van der Waals surface area contributed by atoms with Crippen LogP contribution in [0.4, 0.5) is 0 Å². The first-order valence-electron chi connectivity index (χ1n) is 6.02. The van der Waals surface area contributed by atoms with Crippen LogP contribution in [0.2, 0.25) is 5.02 Å². The van der Waals surface area contributed by atoms with Gasteiger partial charge >= 0.3 is 0 Å². The lowest BCUT2D eigenvalue weighted by molar-refractivity contribution is -0.0529. The molecule has 1 aliphatic heterocycles. The molecule has 1 aromatic rings. The molecule has 0 radical (unpaired) electrons. The molecule has 1 saturated heterocycles.